The van der Waals surface area contributed by atoms with E-state index in [0.717, 1.165) is 16.7 Å². The number of aromatic carboxylic acids is 1. The second-order valence-corrected chi connectivity index (χ2v) is 9.99. The Labute approximate surface area is 218 Å². The first kappa shape index (κ1) is 28.3. The van der Waals surface area contributed by atoms with Gasteiger partial charge in [-0.3, -0.25) is 0 Å². The third-order valence-electron chi connectivity index (χ3n) is 6.16. The van der Waals surface area contributed by atoms with Crippen molar-refractivity contribution in [3.8, 4) is 5.75 Å². The zero-order valence-electron chi connectivity index (χ0n) is 21.8. The van der Waals surface area contributed by atoms with Crippen LogP contribution in [0.3, 0.4) is 0 Å². The Bertz CT molecular complexity index is 1200. The van der Waals surface area contributed by atoms with Crippen molar-refractivity contribution in [1.29, 1.82) is 0 Å². The number of nitrogens with one attached hydrogen (secondary N) is 1. The fraction of sp³-hybridized carbons (Fsp3) is 0.367. The van der Waals surface area contributed by atoms with Crippen molar-refractivity contribution in [1.82, 2.24) is 5.32 Å². The van der Waals surface area contributed by atoms with Crippen LogP contribution in [0.15, 0.2) is 66.7 Å². The van der Waals surface area contributed by atoms with Gasteiger partial charge >= 0.3 is 5.97 Å². The van der Waals surface area contributed by atoms with E-state index in [0.29, 0.717) is 24.3 Å². The number of ether oxygens (including phenoxy) is 2. The molecule has 0 saturated carbocycles. The third kappa shape index (κ3) is 8.67. The van der Waals surface area contributed by atoms with Crippen LogP contribution >= 0.6 is 0 Å². The van der Waals surface area contributed by atoms with Gasteiger partial charge in [0.2, 0.25) is 0 Å². The molecule has 0 radical (unpaired) electrons. The monoisotopic (exact) mass is 509 g/mol. The molecule has 3 aromatic carbocycles. The lowest BCUT2D eigenvalue weighted by molar-refractivity contribution is -0.00520. The quantitative estimate of drug-likeness (QED) is 0.284. The van der Waals surface area contributed by atoms with E-state index in [2.05, 4.69) is 5.32 Å². The van der Waals surface area contributed by atoms with Crippen LogP contribution < -0.4 is 10.1 Å². The number of aliphatic hydroxyl groups excluding tert-OH is 1. The number of hydrogen-bond donors (Lipinski definition) is 3. The first-order chi connectivity index (χ1) is 17.5. The summed E-state index contributed by atoms with van der Waals surface area (Å²) in [7, 11) is 0. The van der Waals surface area contributed by atoms with E-state index in [1.165, 1.54) is 0 Å². The lowest BCUT2D eigenvalue weighted by Gasteiger charge is -2.28. The molecule has 0 saturated heterocycles. The van der Waals surface area contributed by atoms with E-state index in [4.69, 9.17) is 9.47 Å². The summed E-state index contributed by atoms with van der Waals surface area (Å²) >= 11 is 0. The molecule has 37 heavy (non-hydrogen) atoms. The SMILES string of the molecule is Cc1ccc(CC(C)(C)NC[C@@H](O)COC(C)c2ccccc2OCc2cccc(C(=O)O)c2)cc1F. The second kappa shape index (κ2) is 12.8. The molecule has 0 aliphatic rings. The number of hydrogen-bond acceptors (Lipinski definition) is 5. The molecule has 3 rings (SSSR count). The van der Waals surface area contributed by atoms with Crippen LogP contribution in [-0.2, 0) is 17.8 Å². The molecule has 0 spiro atoms. The van der Waals surface area contributed by atoms with Gasteiger partial charge in [0, 0.05) is 17.6 Å². The lowest BCUT2D eigenvalue weighted by atomic mass is 9.94. The Morgan fingerprint density at radius 3 is 2.54 bits per heavy atom. The molecular weight excluding hydrogens is 473 g/mol. The highest BCUT2D eigenvalue weighted by atomic mass is 19.1. The van der Waals surface area contributed by atoms with E-state index in [9.17, 15) is 19.4 Å². The predicted octanol–water partition coefficient (Wildman–Crippen LogP) is 5.46. The van der Waals surface area contributed by atoms with Crippen LogP contribution in [0, 0.1) is 12.7 Å². The fourth-order valence-electron chi connectivity index (χ4n) is 4.02. The molecule has 6 nitrogen and oxygen atoms in total. The van der Waals surface area contributed by atoms with Gasteiger partial charge in [-0.25, -0.2) is 9.18 Å². The molecule has 3 N–H and O–H groups in total. The summed E-state index contributed by atoms with van der Waals surface area (Å²) in [5.41, 5.74) is 2.97. The number of β-amino-alcohol motifs (C(OH)–C–C–N with tert-alkyl or cyclic N) is 1. The average molecular weight is 510 g/mol. The number of rotatable bonds is 13. The Balaban J connectivity index is 1.50. The van der Waals surface area contributed by atoms with Gasteiger partial charge in [0.15, 0.2) is 0 Å². The van der Waals surface area contributed by atoms with Crippen LogP contribution in [0.1, 0.15) is 59.5 Å². The number of aliphatic hydroxyl groups is 1. The molecule has 7 heteroatoms. The first-order valence-electron chi connectivity index (χ1n) is 12.4. The zero-order chi connectivity index (χ0) is 27.0. The maximum Gasteiger partial charge on any atom is 0.335 e. The summed E-state index contributed by atoms with van der Waals surface area (Å²) in [6.45, 7) is 8.33. The Kier molecular flexibility index (Phi) is 9.80. The molecule has 0 aromatic heterocycles. The largest absolute Gasteiger partial charge is 0.489 e. The summed E-state index contributed by atoms with van der Waals surface area (Å²) in [5, 5.41) is 23.1. The number of carboxylic acids is 1. The summed E-state index contributed by atoms with van der Waals surface area (Å²) in [5.74, 6) is -0.562. The lowest BCUT2D eigenvalue weighted by Crippen LogP contribution is -2.46. The van der Waals surface area contributed by atoms with Crippen molar-refractivity contribution in [3.05, 3.63) is 100 Å². The minimum Gasteiger partial charge on any atom is -0.489 e. The van der Waals surface area contributed by atoms with Crippen molar-refractivity contribution < 1.29 is 28.9 Å². The predicted molar refractivity (Wildman–Crippen MR) is 141 cm³/mol. The average Bonchev–Trinajstić information content (AvgIpc) is 2.87. The summed E-state index contributed by atoms with van der Waals surface area (Å²) < 4.78 is 25.8. The van der Waals surface area contributed by atoms with Crippen LogP contribution in [0.4, 0.5) is 4.39 Å². The standard InChI is InChI=1S/C30H36FNO5/c1-20-12-13-22(15-27(20)31)16-30(3,4)32-17-25(33)19-36-21(2)26-10-5-6-11-28(26)37-18-23-8-7-9-24(14-23)29(34)35/h5-15,21,25,32-33H,16-19H2,1-4H3,(H,34,35)/t21?,25-/m1/s1. The molecule has 0 bridgehead atoms. The number of carboxylic acid groups (broad SMARTS) is 1. The van der Waals surface area contributed by atoms with Crippen LogP contribution in [-0.4, -0.2) is 41.0 Å². The molecule has 2 atom stereocenters. The van der Waals surface area contributed by atoms with E-state index >= 15 is 0 Å². The van der Waals surface area contributed by atoms with Crippen LogP contribution in [0.25, 0.3) is 0 Å². The van der Waals surface area contributed by atoms with E-state index in [1.807, 2.05) is 57.2 Å². The van der Waals surface area contributed by atoms with Gasteiger partial charge in [0.1, 0.15) is 18.2 Å². The van der Waals surface area contributed by atoms with Gasteiger partial charge in [-0.2, -0.15) is 0 Å². The van der Waals surface area contributed by atoms with Gasteiger partial charge in [0.25, 0.3) is 0 Å². The molecule has 0 aliphatic carbocycles. The number of halogens is 1. The summed E-state index contributed by atoms with van der Waals surface area (Å²) in [6.07, 6.45) is -0.447. The molecule has 3 aromatic rings. The number of benzene rings is 3. The van der Waals surface area contributed by atoms with E-state index < -0.39 is 12.1 Å². The van der Waals surface area contributed by atoms with E-state index in [-0.39, 0.29) is 36.2 Å². The van der Waals surface area contributed by atoms with Gasteiger partial charge in [-0.15, -0.1) is 0 Å². The summed E-state index contributed by atoms with van der Waals surface area (Å²) in [4.78, 5) is 11.2. The Hall–Kier alpha value is -3.26. The molecule has 0 fully saturated rings. The van der Waals surface area contributed by atoms with Crippen molar-refractivity contribution in [2.24, 2.45) is 0 Å². The highest BCUT2D eigenvalue weighted by molar-refractivity contribution is 5.87. The second-order valence-electron chi connectivity index (χ2n) is 9.99. The molecule has 0 amide bonds. The first-order valence-corrected chi connectivity index (χ1v) is 12.4. The van der Waals surface area contributed by atoms with Crippen LogP contribution in [0.5, 0.6) is 5.75 Å². The highest BCUT2D eigenvalue weighted by Crippen LogP contribution is 2.28. The minimum atomic E-state index is -0.982. The molecule has 198 valence electrons. The fourth-order valence-corrected chi connectivity index (χ4v) is 4.02. The van der Waals surface area contributed by atoms with Crippen molar-refractivity contribution in [3.63, 3.8) is 0 Å². The molecule has 1 unspecified atom stereocenters. The van der Waals surface area contributed by atoms with Gasteiger partial charge in [0.05, 0.1) is 24.4 Å². The van der Waals surface area contributed by atoms with Gasteiger partial charge < -0.3 is 25.0 Å². The number of para-hydroxylation sites is 1. The van der Waals surface area contributed by atoms with Crippen molar-refractivity contribution >= 4 is 5.97 Å². The van der Waals surface area contributed by atoms with E-state index in [1.54, 1.807) is 37.3 Å². The van der Waals surface area contributed by atoms with Gasteiger partial charge in [-0.05, 0) is 75.1 Å². The van der Waals surface area contributed by atoms with Crippen molar-refractivity contribution in [2.45, 2.75) is 58.5 Å². The molecular formula is C30H36FNO5. The molecule has 0 heterocycles. The zero-order valence-corrected chi connectivity index (χ0v) is 21.8. The third-order valence-corrected chi connectivity index (χ3v) is 6.16. The summed E-state index contributed by atoms with van der Waals surface area (Å²) in [6, 6.07) is 19.4. The minimum absolute atomic E-state index is 0.123. The highest BCUT2D eigenvalue weighted by Gasteiger charge is 2.21. The van der Waals surface area contributed by atoms with Gasteiger partial charge in [-0.1, -0.05) is 42.5 Å². The number of carbonyl (C=O) groups is 1. The normalized spacial score (nSPS) is 13.2. The topological polar surface area (TPSA) is 88.0 Å². The molecule has 0 aliphatic heterocycles. The van der Waals surface area contributed by atoms with Crippen molar-refractivity contribution in [2.75, 3.05) is 13.2 Å². The number of aryl methyl sites for hydroxylation is 1. The maximum absolute atomic E-state index is 13.9. The smallest absolute Gasteiger partial charge is 0.335 e. The van der Waals surface area contributed by atoms with Crippen LogP contribution in [0.2, 0.25) is 0 Å². The Morgan fingerprint density at radius 1 is 1.05 bits per heavy atom. The maximum atomic E-state index is 13.9. The Morgan fingerprint density at radius 2 is 1.81 bits per heavy atom.